The highest BCUT2D eigenvalue weighted by molar-refractivity contribution is 7.89. The molecule has 1 aromatic carbocycles. The molecule has 0 aliphatic carbocycles. The summed E-state index contributed by atoms with van der Waals surface area (Å²) in [5, 5.41) is 7.12. The number of carbonyl (C=O) groups is 2. The summed E-state index contributed by atoms with van der Waals surface area (Å²) in [6.07, 6.45) is -1.06. The van der Waals surface area contributed by atoms with Crippen molar-refractivity contribution in [2.75, 3.05) is 12.9 Å². The summed E-state index contributed by atoms with van der Waals surface area (Å²) < 4.78 is 31.3. The van der Waals surface area contributed by atoms with Crippen LogP contribution in [0, 0.1) is 0 Å². The lowest BCUT2D eigenvalue weighted by Gasteiger charge is -2.15. The summed E-state index contributed by atoms with van der Waals surface area (Å²) in [7, 11) is -2.62. The minimum absolute atomic E-state index is 0.0236. The highest BCUT2D eigenvalue weighted by Crippen LogP contribution is 2.02. The van der Waals surface area contributed by atoms with Gasteiger partial charge in [-0.25, -0.2) is 23.1 Å². The Balaban J connectivity index is 2.53. The molecule has 0 aliphatic rings. The van der Waals surface area contributed by atoms with Crippen LogP contribution in [0.4, 0.5) is 4.79 Å². The molecule has 1 rings (SSSR count). The van der Waals surface area contributed by atoms with E-state index in [1.54, 1.807) is 24.3 Å². The molecule has 0 saturated heterocycles. The molecule has 0 spiro atoms. The van der Waals surface area contributed by atoms with Gasteiger partial charge in [-0.2, -0.15) is 0 Å². The van der Waals surface area contributed by atoms with E-state index in [4.69, 9.17) is 9.88 Å². The lowest BCUT2D eigenvalue weighted by molar-refractivity contribution is -0.143. The van der Waals surface area contributed by atoms with Crippen molar-refractivity contribution >= 4 is 22.1 Å². The van der Waals surface area contributed by atoms with E-state index in [2.05, 4.69) is 10.1 Å². The summed E-state index contributed by atoms with van der Waals surface area (Å²) in [5.74, 6) is -1.24. The SMILES string of the molecule is COC(=O)[C@H](CCS(N)(=O)=O)NC(=O)OCc1ccccc1. The molecule has 8 nitrogen and oxygen atoms in total. The van der Waals surface area contributed by atoms with Gasteiger partial charge in [-0.15, -0.1) is 0 Å². The maximum Gasteiger partial charge on any atom is 0.408 e. The molecular weight excluding hydrogens is 312 g/mol. The molecule has 0 bridgehead atoms. The largest absolute Gasteiger partial charge is 0.467 e. The molecular formula is C13H18N2O6S. The average Bonchev–Trinajstić information content (AvgIpc) is 2.48. The van der Waals surface area contributed by atoms with E-state index in [0.717, 1.165) is 12.7 Å². The number of carbonyl (C=O) groups excluding carboxylic acids is 2. The van der Waals surface area contributed by atoms with Gasteiger partial charge in [0.15, 0.2) is 0 Å². The molecule has 0 radical (unpaired) electrons. The molecule has 0 unspecified atom stereocenters. The number of hydrogen-bond acceptors (Lipinski definition) is 6. The van der Waals surface area contributed by atoms with Crippen molar-refractivity contribution in [2.24, 2.45) is 5.14 Å². The number of amides is 1. The Morgan fingerprint density at radius 2 is 1.91 bits per heavy atom. The van der Waals surface area contributed by atoms with Gasteiger partial charge in [-0.05, 0) is 12.0 Å². The smallest absolute Gasteiger partial charge is 0.408 e. The second-order valence-electron chi connectivity index (χ2n) is 4.44. The van der Waals surface area contributed by atoms with Crippen LogP contribution in [0.1, 0.15) is 12.0 Å². The predicted octanol–water partition coefficient (Wildman–Crippen LogP) is 0.133. The van der Waals surface area contributed by atoms with E-state index < -0.39 is 33.9 Å². The molecule has 22 heavy (non-hydrogen) atoms. The second-order valence-corrected chi connectivity index (χ2v) is 6.17. The number of nitrogens with one attached hydrogen (secondary N) is 1. The number of hydrogen-bond donors (Lipinski definition) is 2. The highest BCUT2D eigenvalue weighted by atomic mass is 32.2. The summed E-state index contributed by atoms with van der Waals surface area (Å²) in [6.45, 7) is 0.0236. The molecule has 1 aromatic rings. The minimum Gasteiger partial charge on any atom is -0.467 e. The van der Waals surface area contributed by atoms with Crippen molar-refractivity contribution in [1.29, 1.82) is 0 Å². The fourth-order valence-electron chi connectivity index (χ4n) is 1.58. The van der Waals surface area contributed by atoms with E-state index >= 15 is 0 Å². The van der Waals surface area contributed by atoms with E-state index in [-0.39, 0.29) is 13.0 Å². The van der Waals surface area contributed by atoms with Crippen LogP contribution in [0.25, 0.3) is 0 Å². The summed E-state index contributed by atoms with van der Waals surface area (Å²) in [6, 6.07) is 7.80. The van der Waals surface area contributed by atoms with E-state index in [0.29, 0.717) is 0 Å². The molecule has 1 atom stereocenters. The van der Waals surface area contributed by atoms with Crippen LogP contribution < -0.4 is 10.5 Å². The molecule has 0 heterocycles. The first-order chi connectivity index (χ1) is 10.3. The zero-order chi connectivity index (χ0) is 16.6. The third-order valence-electron chi connectivity index (χ3n) is 2.68. The van der Waals surface area contributed by atoms with Crippen molar-refractivity contribution < 1.29 is 27.5 Å². The molecule has 0 aromatic heterocycles. The molecule has 0 fully saturated rings. The van der Waals surface area contributed by atoms with Gasteiger partial charge in [-0.1, -0.05) is 30.3 Å². The first kappa shape index (κ1) is 17.9. The van der Waals surface area contributed by atoms with Gasteiger partial charge in [0.1, 0.15) is 12.6 Å². The molecule has 0 aliphatic heterocycles. The van der Waals surface area contributed by atoms with E-state index in [1.165, 1.54) is 0 Å². The zero-order valence-electron chi connectivity index (χ0n) is 12.0. The molecule has 122 valence electrons. The number of rotatable bonds is 7. The van der Waals surface area contributed by atoms with Gasteiger partial charge in [0.25, 0.3) is 0 Å². The first-order valence-electron chi connectivity index (χ1n) is 6.37. The number of sulfonamides is 1. The number of benzene rings is 1. The fourth-order valence-corrected chi connectivity index (χ4v) is 2.14. The summed E-state index contributed by atoms with van der Waals surface area (Å²) in [5.41, 5.74) is 0.775. The number of alkyl carbamates (subject to hydrolysis) is 1. The van der Waals surface area contributed by atoms with Crippen molar-refractivity contribution in [3.8, 4) is 0 Å². The third-order valence-corrected chi connectivity index (χ3v) is 3.49. The van der Waals surface area contributed by atoms with Crippen LogP contribution in [-0.4, -0.2) is 39.4 Å². The van der Waals surface area contributed by atoms with Crippen LogP contribution in [0.3, 0.4) is 0 Å². The van der Waals surface area contributed by atoms with Gasteiger partial charge in [-0.3, -0.25) is 0 Å². The molecule has 3 N–H and O–H groups in total. The predicted molar refractivity (Wildman–Crippen MR) is 78.2 cm³/mol. The van der Waals surface area contributed by atoms with Crippen molar-refractivity contribution in [2.45, 2.75) is 19.1 Å². The molecule has 0 saturated carbocycles. The summed E-state index contributed by atoms with van der Waals surface area (Å²) in [4.78, 5) is 23.2. The Bertz CT molecular complexity index is 602. The topological polar surface area (TPSA) is 125 Å². The zero-order valence-corrected chi connectivity index (χ0v) is 12.8. The van der Waals surface area contributed by atoms with Gasteiger partial charge >= 0.3 is 12.1 Å². The Labute approximate surface area is 128 Å². The second kappa shape index (κ2) is 8.35. The monoisotopic (exact) mass is 330 g/mol. The lowest BCUT2D eigenvalue weighted by atomic mass is 10.2. The van der Waals surface area contributed by atoms with Gasteiger partial charge in [0.2, 0.25) is 10.0 Å². The van der Waals surface area contributed by atoms with Crippen LogP contribution >= 0.6 is 0 Å². The molecule has 9 heteroatoms. The Hall–Kier alpha value is -2.13. The Morgan fingerprint density at radius 3 is 2.45 bits per heavy atom. The quantitative estimate of drug-likeness (QED) is 0.685. The van der Waals surface area contributed by atoms with E-state index in [1.807, 2.05) is 6.07 Å². The van der Waals surface area contributed by atoms with Crippen LogP contribution in [0.2, 0.25) is 0 Å². The maximum absolute atomic E-state index is 11.6. The standard InChI is InChI=1S/C13H18N2O6S/c1-20-12(16)11(7-8-22(14,18)19)15-13(17)21-9-10-5-3-2-4-6-10/h2-6,11H,7-9H2,1H3,(H,15,17)(H2,14,18,19)/t11-/m0/s1. The average molecular weight is 330 g/mol. The Morgan fingerprint density at radius 1 is 1.27 bits per heavy atom. The number of nitrogens with two attached hydrogens (primary N) is 1. The number of ether oxygens (including phenoxy) is 2. The van der Waals surface area contributed by atoms with Gasteiger partial charge in [0, 0.05) is 0 Å². The van der Waals surface area contributed by atoms with Crippen LogP contribution in [0.15, 0.2) is 30.3 Å². The first-order valence-corrected chi connectivity index (χ1v) is 8.09. The molecule has 1 amide bonds. The fraction of sp³-hybridized carbons (Fsp3) is 0.385. The van der Waals surface area contributed by atoms with Crippen molar-refractivity contribution in [3.05, 3.63) is 35.9 Å². The Kier molecular flexibility index (Phi) is 6.80. The van der Waals surface area contributed by atoms with Gasteiger partial charge in [0.05, 0.1) is 12.9 Å². The van der Waals surface area contributed by atoms with Gasteiger partial charge < -0.3 is 14.8 Å². The number of methoxy groups -OCH3 is 1. The lowest BCUT2D eigenvalue weighted by Crippen LogP contribution is -2.43. The number of esters is 1. The number of primary sulfonamides is 1. The highest BCUT2D eigenvalue weighted by Gasteiger charge is 2.23. The normalized spacial score (nSPS) is 12.3. The van der Waals surface area contributed by atoms with E-state index in [9.17, 15) is 18.0 Å². The minimum atomic E-state index is -3.75. The third kappa shape index (κ3) is 7.04. The van der Waals surface area contributed by atoms with Crippen LogP contribution in [0.5, 0.6) is 0 Å². The van der Waals surface area contributed by atoms with Crippen molar-refractivity contribution in [3.63, 3.8) is 0 Å². The maximum atomic E-state index is 11.6. The summed E-state index contributed by atoms with van der Waals surface area (Å²) >= 11 is 0. The van der Waals surface area contributed by atoms with Crippen LogP contribution in [-0.2, 0) is 30.9 Å². The van der Waals surface area contributed by atoms with Crippen molar-refractivity contribution in [1.82, 2.24) is 5.32 Å².